The van der Waals surface area contributed by atoms with Crippen LogP contribution in [-0.4, -0.2) is 59.3 Å². The van der Waals surface area contributed by atoms with Crippen LogP contribution >= 0.6 is 0 Å². The molecule has 388 valence electrons. The summed E-state index contributed by atoms with van der Waals surface area (Å²) in [7, 11) is 0. The molecular weight excluding hydrogens is 933 g/mol. The summed E-state index contributed by atoms with van der Waals surface area (Å²) in [5, 5.41) is 80.3. The molecule has 12 heteroatoms. The predicted octanol–water partition coefficient (Wildman–Crippen LogP) is 11.3. The van der Waals surface area contributed by atoms with E-state index in [-0.39, 0.29) is 101 Å². The molecule has 0 amide bonds. The average Bonchev–Trinajstić information content (AvgIpc) is 3.80. The fourth-order valence-corrected chi connectivity index (χ4v) is 15.6. The minimum atomic E-state index is -1.10. The van der Waals surface area contributed by atoms with Gasteiger partial charge in [0.15, 0.2) is 23.0 Å². The summed E-state index contributed by atoms with van der Waals surface area (Å²) in [6.07, 6.45) is 8.66. The summed E-state index contributed by atoms with van der Waals surface area (Å²) in [6.45, 7) is 4.48. The van der Waals surface area contributed by atoms with Crippen molar-refractivity contribution in [3.05, 3.63) is 142 Å². The van der Waals surface area contributed by atoms with Gasteiger partial charge in [0.1, 0.15) is 36.4 Å². The molecule has 5 aromatic carbocycles. The predicted molar refractivity (Wildman–Crippen MR) is 282 cm³/mol. The molecule has 3 saturated carbocycles. The number of phenols is 6. The van der Waals surface area contributed by atoms with Gasteiger partial charge in [0.2, 0.25) is 5.75 Å². The van der Waals surface area contributed by atoms with Crippen molar-refractivity contribution >= 4 is 5.78 Å². The number of Topliss-reactive ketones (excluding diaryl/α,β-unsaturated/α-hetero) is 1. The van der Waals surface area contributed by atoms with Gasteiger partial charge in [-0.2, -0.15) is 0 Å². The number of aromatic amines is 1. The molecule has 3 fully saturated rings. The first-order valence-corrected chi connectivity index (χ1v) is 26.9. The lowest BCUT2D eigenvalue weighted by Crippen LogP contribution is -2.55. The number of phenolic OH excluding ortho intramolecular Hbond substituents is 6. The maximum Gasteiger partial charge on any atom is 0.200 e. The fourth-order valence-electron chi connectivity index (χ4n) is 15.6. The zero-order valence-corrected chi connectivity index (χ0v) is 42.3. The first kappa shape index (κ1) is 49.6. The van der Waals surface area contributed by atoms with E-state index < -0.39 is 29.3 Å². The number of hydrogen-bond acceptors (Lipinski definition) is 11. The van der Waals surface area contributed by atoms with Crippen LogP contribution in [0.4, 0.5) is 0 Å². The van der Waals surface area contributed by atoms with Crippen LogP contribution in [0.25, 0.3) is 11.3 Å². The molecule has 6 aliphatic carbocycles. The highest BCUT2D eigenvalue weighted by Gasteiger charge is 2.64. The third-order valence-corrected chi connectivity index (χ3v) is 18.4. The summed E-state index contributed by atoms with van der Waals surface area (Å²) in [4.78, 5) is 18.8. The van der Waals surface area contributed by atoms with Gasteiger partial charge in [-0.3, -0.25) is 10.5 Å². The second kappa shape index (κ2) is 19.9. The zero-order chi connectivity index (χ0) is 51.6. The molecule has 12 nitrogen and oxygen atoms in total. The number of H-pyrrole nitrogens is 1. The van der Waals surface area contributed by atoms with Crippen LogP contribution in [0.3, 0.4) is 0 Å². The average molecular weight is 1000 g/mol. The molecule has 74 heavy (non-hydrogen) atoms. The fraction of sp³-hybridized carbons (Fsp3) is 0.435. The number of aryl methyl sites for hydroxylation is 1. The largest absolute Gasteiger partial charge is 0.508 e. The van der Waals surface area contributed by atoms with E-state index in [9.17, 15) is 35.7 Å². The van der Waals surface area contributed by atoms with E-state index in [2.05, 4.69) is 55.4 Å². The lowest BCUT2D eigenvalue weighted by molar-refractivity contribution is -0.136. The second-order valence-electron chi connectivity index (χ2n) is 22.8. The molecule has 12 rings (SSSR count). The number of hydrogen-bond donors (Lipinski definition) is 9. The van der Waals surface area contributed by atoms with Crippen LogP contribution in [0.2, 0.25) is 0 Å². The number of aliphatic hydroxyl groups excluding tert-OH is 1. The van der Waals surface area contributed by atoms with Crippen LogP contribution in [0.1, 0.15) is 128 Å². The van der Waals surface area contributed by atoms with Crippen molar-refractivity contribution in [2.24, 2.45) is 47.2 Å². The molecule has 0 unspecified atom stereocenters. The van der Waals surface area contributed by atoms with Gasteiger partial charge in [-0.05, 0) is 180 Å². The maximum atomic E-state index is 15.2. The Morgan fingerprint density at radius 1 is 0.811 bits per heavy atom. The highest BCUT2D eigenvalue weighted by atomic mass is 16.5. The Bertz CT molecular complexity index is 3060. The van der Waals surface area contributed by atoms with E-state index in [0.29, 0.717) is 55.1 Å². The molecule has 11 atom stereocenters. The van der Waals surface area contributed by atoms with Gasteiger partial charge in [-0.25, -0.2) is 0 Å². The van der Waals surface area contributed by atoms with Crippen LogP contribution in [0, 0.1) is 41.4 Å². The molecule has 1 aromatic heterocycles. The van der Waals surface area contributed by atoms with Gasteiger partial charge in [0.05, 0.1) is 6.10 Å². The molecular formula is C62H70N2O10. The lowest BCUT2D eigenvalue weighted by atomic mass is 9.43. The Kier molecular flexibility index (Phi) is 13.3. The summed E-state index contributed by atoms with van der Waals surface area (Å²) >= 11 is 0. The number of aliphatic hydroxyl groups is 1. The van der Waals surface area contributed by atoms with E-state index in [0.717, 1.165) is 54.5 Å². The smallest absolute Gasteiger partial charge is 0.200 e. The minimum absolute atomic E-state index is 0.0154. The first-order valence-electron chi connectivity index (χ1n) is 26.9. The van der Waals surface area contributed by atoms with Gasteiger partial charge in [-0.1, -0.05) is 75.2 Å². The lowest BCUT2D eigenvalue weighted by Gasteiger charge is -2.60. The van der Waals surface area contributed by atoms with E-state index in [1.165, 1.54) is 28.8 Å². The Morgan fingerprint density at radius 3 is 2.43 bits per heavy atom. The van der Waals surface area contributed by atoms with Gasteiger partial charge >= 0.3 is 0 Å². The van der Waals surface area contributed by atoms with Crippen molar-refractivity contribution in [1.29, 1.82) is 0 Å². The summed E-state index contributed by atoms with van der Waals surface area (Å²) < 4.78 is 12.2. The summed E-state index contributed by atoms with van der Waals surface area (Å²) in [5.74, 6) is -1.83. The quantitative estimate of drug-likeness (QED) is 0.0348. The van der Waals surface area contributed by atoms with Crippen molar-refractivity contribution in [2.75, 3.05) is 6.73 Å². The number of benzene rings is 5. The number of fused-ring (bicyclic) bond motifs is 8. The van der Waals surface area contributed by atoms with Crippen LogP contribution < -0.4 is 15.2 Å². The highest BCUT2D eigenvalue weighted by molar-refractivity contribution is 5.82. The van der Waals surface area contributed by atoms with Gasteiger partial charge in [0.25, 0.3) is 0 Å². The number of ether oxygens (including phenoxy) is 2. The monoisotopic (exact) mass is 1000 g/mol. The minimum Gasteiger partial charge on any atom is -0.508 e. The molecule has 6 aliphatic rings. The van der Waals surface area contributed by atoms with E-state index in [4.69, 9.17) is 15.2 Å². The van der Waals surface area contributed by atoms with E-state index in [1.54, 1.807) is 48.5 Å². The number of carbonyl (C=O) groups excluding carboxylic acids is 1. The van der Waals surface area contributed by atoms with Crippen molar-refractivity contribution in [3.63, 3.8) is 0 Å². The van der Waals surface area contributed by atoms with Crippen molar-refractivity contribution < 1.29 is 50.0 Å². The third kappa shape index (κ3) is 8.61. The Labute approximate surface area is 432 Å². The van der Waals surface area contributed by atoms with Gasteiger partial charge in [-0.15, -0.1) is 0 Å². The molecule has 10 N–H and O–H groups in total. The first-order chi connectivity index (χ1) is 35.7. The number of carbonyl (C=O) groups is 1. The SMILES string of the molecule is CC(C)CC[C@H]1CCC[C@@]2([C@H]3C[C@@H]4C[C@@H]5[C@H](Cc6ccc(O)cc6O)C[C@H](C(=O)CCc6ccc(O)c(OCN)c6)[C@H](O)[C@H]5[C@H]3c3cc(O)c(O)c(OCc5cccc(O)c5)c34)c3ccccc3-c3[nH]ccc3[C@@H]12. The van der Waals surface area contributed by atoms with Crippen LogP contribution in [0.5, 0.6) is 46.0 Å². The maximum absolute atomic E-state index is 15.2. The molecule has 0 saturated heterocycles. The zero-order valence-electron chi connectivity index (χ0n) is 42.3. The molecule has 1 heterocycles. The number of nitrogens with one attached hydrogen (secondary N) is 1. The van der Waals surface area contributed by atoms with Crippen molar-refractivity contribution in [3.8, 4) is 57.3 Å². The molecule has 0 radical (unpaired) electrons. The normalized spacial score (nSPS) is 27.5. The second-order valence-corrected chi connectivity index (χ2v) is 22.8. The molecule has 2 bridgehead atoms. The highest BCUT2D eigenvalue weighted by Crippen LogP contribution is 2.72. The van der Waals surface area contributed by atoms with Gasteiger partial charge in [0, 0.05) is 46.8 Å². The number of rotatable bonds is 15. The van der Waals surface area contributed by atoms with Gasteiger partial charge < -0.3 is 50.2 Å². The van der Waals surface area contributed by atoms with Crippen LogP contribution in [-0.2, 0) is 29.7 Å². The Balaban J connectivity index is 1.10. The number of aromatic nitrogens is 1. The Hall–Kier alpha value is -6.63. The molecule has 0 aliphatic heterocycles. The number of ketones is 1. The Morgan fingerprint density at radius 2 is 1.64 bits per heavy atom. The van der Waals surface area contributed by atoms with E-state index >= 15 is 4.79 Å². The summed E-state index contributed by atoms with van der Waals surface area (Å²) in [5.41, 5.74) is 13.9. The standard InChI is InChI=1S/C62H70N2O10/c1-33(2)12-15-36-8-6-21-62(47-11-4-3-10-42(47)58-43(57(36)62)20-22-64-58)48-28-39-27-44-38(25-37-16-17-41(66)29-51(37)69)26-45(49(67)18-13-34-14-19-50(68)53(24-34)74-32-63)59(71)56(44)55(48)46-30-52(70)60(72)61(54(39)46)73-31-35-7-5-9-40(65)23-35/h3-5,7,9-11,14,16-17,19-20,22-24,29-30,33,36,38-39,44-45,48,55-57,59,64-66,68-72H,6,8,12-13,15,18,21,25-28,31-32,63H2,1-2H3/t36-,38-,39+,44-,45-,48+,55+,56-,57-,59+,62+/m1/s1. The number of aromatic hydroxyl groups is 6. The van der Waals surface area contributed by atoms with Crippen LogP contribution in [0.15, 0.2) is 103 Å². The molecule has 6 aromatic rings. The summed E-state index contributed by atoms with van der Waals surface area (Å²) in [6, 6.07) is 29.3. The van der Waals surface area contributed by atoms with Crippen molar-refractivity contribution in [1.82, 2.24) is 4.98 Å². The number of nitrogens with two attached hydrogens (primary N) is 1. The topological polar surface area (TPSA) is 219 Å². The van der Waals surface area contributed by atoms with E-state index in [1.807, 2.05) is 6.07 Å². The molecule has 0 spiro atoms. The van der Waals surface area contributed by atoms with Crippen molar-refractivity contribution in [2.45, 2.75) is 120 Å². The third-order valence-electron chi connectivity index (χ3n) is 18.4.